The van der Waals surface area contributed by atoms with E-state index in [4.69, 9.17) is 4.74 Å². The summed E-state index contributed by atoms with van der Waals surface area (Å²) in [6.45, 7) is 8.20. The van der Waals surface area contributed by atoms with Crippen LogP contribution in [0.15, 0.2) is 24.3 Å². The molecule has 0 radical (unpaired) electrons. The normalized spacial score (nSPS) is 21.3. The van der Waals surface area contributed by atoms with E-state index in [9.17, 15) is 18.0 Å². The quantitative estimate of drug-likeness (QED) is 0.795. The van der Waals surface area contributed by atoms with E-state index in [0.29, 0.717) is 32.8 Å². The Kier molecular flexibility index (Phi) is 6.39. The van der Waals surface area contributed by atoms with Gasteiger partial charge >= 0.3 is 6.18 Å². The van der Waals surface area contributed by atoms with E-state index in [1.165, 1.54) is 0 Å². The van der Waals surface area contributed by atoms with Gasteiger partial charge in [0, 0.05) is 45.8 Å². The third kappa shape index (κ3) is 5.21. The zero-order chi connectivity index (χ0) is 19.4. The summed E-state index contributed by atoms with van der Waals surface area (Å²) in [5.74, 6) is 0.148. The summed E-state index contributed by atoms with van der Waals surface area (Å²) in [6, 6.07) is 5.19. The lowest BCUT2D eigenvalue weighted by atomic mass is 10.1. The zero-order valence-corrected chi connectivity index (χ0v) is 15.5. The Morgan fingerprint density at radius 1 is 1.04 bits per heavy atom. The number of carbonyl (C=O) groups excluding carboxylic acids is 1. The highest BCUT2D eigenvalue weighted by Crippen LogP contribution is 2.29. The molecule has 27 heavy (non-hydrogen) atoms. The molecule has 3 rings (SSSR count). The van der Waals surface area contributed by atoms with E-state index in [0.717, 1.165) is 43.9 Å². The van der Waals surface area contributed by atoms with Crippen LogP contribution in [0.4, 0.5) is 13.2 Å². The van der Waals surface area contributed by atoms with Gasteiger partial charge in [0.25, 0.3) is 0 Å². The Bertz CT molecular complexity index is 622. The molecule has 2 fully saturated rings. The molecule has 0 N–H and O–H groups in total. The standard InChI is InChI=1S/C19H26F3N3O2/c1-15(18(26)25-10-12-27-13-11-25)24-8-6-23(7-9-24)14-16-2-4-17(5-3-16)19(20,21)22/h2-5,15H,6-14H2,1H3/t15-/m1/s1. The monoisotopic (exact) mass is 385 g/mol. The van der Waals surface area contributed by atoms with Crippen LogP contribution in [0.5, 0.6) is 0 Å². The average molecular weight is 385 g/mol. The highest BCUT2D eigenvalue weighted by Gasteiger charge is 2.31. The topological polar surface area (TPSA) is 36.0 Å². The summed E-state index contributed by atoms with van der Waals surface area (Å²) < 4.78 is 43.2. The van der Waals surface area contributed by atoms with Crippen molar-refractivity contribution in [1.82, 2.24) is 14.7 Å². The Morgan fingerprint density at radius 2 is 1.63 bits per heavy atom. The van der Waals surface area contributed by atoms with Crippen molar-refractivity contribution in [3.05, 3.63) is 35.4 Å². The van der Waals surface area contributed by atoms with Crippen molar-refractivity contribution in [1.29, 1.82) is 0 Å². The molecule has 1 aromatic rings. The molecule has 2 saturated heterocycles. The van der Waals surface area contributed by atoms with Crippen LogP contribution >= 0.6 is 0 Å². The molecule has 1 amide bonds. The van der Waals surface area contributed by atoms with Crippen LogP contribution in [0.2, 0.25) is 0 Å². The predicted octanol–water partition coefficient (Wildman–Crippen LogP) is 2.07. The van der Waals surface area contributed by atoms with Crippen LogP contribution in [-0.4, -0.2) is 79.1 Å². The lowest BCUT2D eigenvalue weighted by Crippen LogP contribution is -2.55. The molecule has 0 aromatic heterocycles. The predicted molar refractivity (Wildman–Crippen MR) is 95.2 cm³/mol. The lowest BCUT2D eigenvalue weighted by Gasteiger charge is -2.39. The number of rotatable bonds is 4. The highest BCUT2D eigenvalue weighted by atomic mass is 19.4. The van der Waals surface area contributed by atoms with Gasteiger partial charge in [-0.25, -0.2) is 0 Å². The minimum atomic E-state index is -4.30. The van der Waals surface area contributed by atoms with E-state index >= 15 is 0 Å². The zero-order valence-electron chi connectivity index (χ0n) is 15.5. The number of nitrogens with zero attached hydrogens (tertiary/aromatic N) is 3. The fourth-order valence-corrected chi connectivity index (χ4v) is 3.57. The molecule has 2 aliphatic heterocycles. The van der Waals surface area contributed by atoms with Gasteiger partial charge < -0.3 is 9.64 Å². The molecule has 150 valence electrons. The van der Waals surface area contributed by atoms with E-state index in [1.54, 1.807) is 12.1 Å². The Morgan fingerprint density at radius 3 is 2.19 bits per heavy atom. The maximum atomic E-state index is 12.6. The maximum absolute atomic E-state index is 12.6. The fourth-order valence-electron chi connectivity index (χ4n) is 3.57. The second-order valence-electron chi connectivity index (χ2n) is 7.12. The van der Waals surface area contributed by atoms with Crippen molar-refractivity contribution >= 4 is 5.91 Å². The summed E-state index contributed by atoms with van der Waals surface area (Å²) >= 11 is 0. The molecular formula is C19H26F3N3O2. The molecular weight excluding hydrogens is 359 g/mol. The third-order valence-corrected chi connectivity index (χ3v) is 5.32. The molecule has 2 aliphatic rings. The summed E-state index contributed by atoms with van der Waals surface area (Å²) in [4.78, 5) is 18.9. The van der Waals surface area contributed by atoms with E-state index in [2.05, 4.69) is 9.80 Å². The number of halogens is 3. The maximum Gasteiger partial charge on any atom is 0.416 e. The Balaban J connectivity index is 1.47. The van der Waals surface area contributed by atoms with E-state index < -0.39 is 11.7 Å². The third-order valence-electron chi connectivity index (χ3n) is 5.32. The summed E-state index contributed by atoms with van der Waals surface area (Å²) in [7, 11) is 0. The number of ether oxygens (including phenoxy) is 1. The first-order valence-corrected chi connectivity index (χ1v) is 9.33. The van der Waals surface area contributed by atoms with Crippen LogP contribution in [0.3, 0.4) is 0 Å². The number of piperazine rings is 1. The Labute approximate surface area is 157 Å². The lowest BCUT2D eigenvalue weighted by molar-refractivity contribution is -0.141. The number of hydrogen-bond donors (Lipinski definition) is 0. The minimum Gasteiger partial charge on any atom is -0.378 e. The van der Waals surface area contributed by atoms with Crippen molar-refractivity contribution in [3.63, 3.8) is 0 Å². The molecule has 0 saturated carbocycles. The average Bonchev–Trinajstić information content (AvgIpc) is 2.68. The minimum absolute atomic E-state index is 0.148. The van der Waals surface area contributed by atoms with Gasteiger partial charge in [-0.05, 0) is 24.6 Å². The number of amides is 1. The first-order valence-electron chi connectivity index (χ1n) is 9.33. The van der Waals surface area contributed by atoms with Gasteiger partial charge in [-0.15, -0.1) is 0 Å². The highest BCUT2D eigenvalue weighted by molar-refractivity contribution is 5.81. The number of hydrogen-bond acceptors (Lipinski definition) is 4. The van der Waals surface area contributed by atoms with Crippen molar-refractivity contribution in [2.24, 2.45) is 0 Å². The SMILES string of the molecule is C[C@H](C(=O)N1CCOCC1)N1CCN(Cc2ccc(C(F)(F)F)cc2)CC1. The molecule has 0 unspecified atom stereocenters. The summed E-state index contributed by atoms with van der Waals surface area (Å²) in [5, 5.41) is 0. The van der Waals surface area contributed by atoms with Gasteiger partial charge in [-0.2, -0.15) is 13.2 Å². The fraction of sp³-hybridized carbons (Fsp3) is 0.632. The largest absolute Gasteiger partial charge is 0.416 e. The van der Waals surface area contributed by atoms with Crippen molar-refractivity contribution in [2.75, 3.05) is 52.5 Å². The number of carbonyl (C=O) groups is 1. The smallest absolute Gasteiger partial charge is 0.378 e. The number of benzene rings is 1. The van der Waals surface area contributed by atoms with E-state index in [-0.39, 0.29) is 11.9 Å². The van der Waals surface area contributed by atoms with Gasteiger partial charge in [-0.3, -0.25) is 14.6 Å². The van der Waals surface area contributed by atoms with Gasteiger partial charge in [0.05, 0.1) is 24.8 Å². The first kappa shape index (κ1) is 20.1. The van der Waals surface area contributed by atoms with Crippen molar-refractivity contribution in [2.45, 2.75) is 25.7 Å². The Hall–Kier alpha value is -1.64. The second-order valence-corrected chi connectivity index (χ2v) is 7.12. The molecule has 8 heteroatoms. The van der Waals surface area contributed by atoms with Gasteiger partial charge in [-0.1, -0.05) is 12.1 Å². The van der Waals surface area contributed by atoms with Crippen LogP contribution in [0, 0.1) is 0 Å². The van der Waals surface area contributed by atoms with E-state index in [1.807, 2.05) is 11.8 Å². The molecule has 5 nitrogen and oxygen atoms in total. The summed E-state index contributed by atoms with van der Waals surface area (Å²) in [5.41, 5.74) is 0.250. The number of alkyl halides is 3. The van der Waals surface area contributed by atoms with Gasteiger partial charge in [0.15, 0.2) is 0 Å². The van der Waals surface area contributed by atoms with Gasteiger partial charge in [0.1, 0.15) is 0 Å². The molecule has 0 aliphatic carbocycles. The molecule has 1 aromatic carbocycles. The summed E-state index contributed by atoms with van der Waals surface area (Å²) in [6.07, 6.45) is -4.30. The molecule has 0 bridgehead atoms. The van der Waals surface area contributed by atoms with Crippen LogP contribution < -0.4 is 0 Å². The first-order chi connectivity index (χ1) is 12.8. The van der Waals surface area contributed by atoms with Crippen molar-refractivity contribution in [3.8, 4) is 0 Å². The van der Waals surface area contributed by atoms with Gasteiger partial charge in [0.2, 0.25) is 5.91 Å². The number of morpholine rings is 1. The molecule has 2 heterocycles. The van der Waals surface area contributed by atoms with Crippen LogP contribution in [-0.2, 0) is 22.3 Å². The van der Waals surface area contributed by atoms with Crippen LogP contribution in [0.1, 0.15) is 18.1 Å². The molecule has 0 spiro atoms. The van der Waals surface area contributed by atoms with Crippen molar-refractivity contribution < 1.29 is 22.7 Å². The molecule has 1 atom stereocenters. The second kappa shape index (κ2) is 8.58. The van der Waals surface area contributed by atoms with Crippen LogP contribution in [0.25, 0.3) is 0 Å².